The molecule has 6 rings (SSSR count). The highest BCUT2D eigenvalue weighted by Gasteiger charge is 2.35. The summed E-state index contributed by atoms with van der Waals surface area (Å²) in [5, 5.41) is 23.2. The highest BCUT2D eigenvalue weighted by molar-refractivity contribution is 5.83. The van der Waals surface area contributed by atoms with Gasteiger partial charge in [0.05, 0.1) is 11.1 Å². The Hall–Kier alpha value is -4.12. The maximum atomic E-state index is 13.5. The molecule has 2 aliphatic heterocycles. The number of H-pyrrole nitrogens is 1. The first-order valence-corrected chi connectivity index (χ1v) is 12.3. The number of nitrogens with zero attached hydrogens (tertiary/aromatic N) is 6. The van der Waals surface area contributed by atoms with Gasteiger partial charge in [-0.3, -0.25) is 9.69 Å². The Labute approximate surface area is 213 Å². The molecule has 11 nitrogen and oxygen atoms in total. The minimum absolute atomic E-state index is 0.164. The molecule has 1 unspecified atom stereocenters. The fourth-order valence-corrected chi connectivity index (χ4v) is 5.06. The monoisotopic (exact) mass is 503 g/mol. The first-order valence-electron chi connectivity index (χ1n) is 12.3. The molecule has 0 amide bonds. The standard InChI is InChI=1S/C26H29N7O4/c1-26(2,3)33-24(28-29-30-33)23(32-10-8-31(9-11-32)17-4-6-18(34)7-5-17)19-12-16-13-21-22(37-15-36-21)14-20(16)27-25(19)35/h4-7,12-14,23,34H,8-11,15H2,1-3H3,(H,27,35). The van der Waals surface area contributed by atoms with Crippen molar-refractivity contribution in [2.45, 2.75) is 32.4 Å². The lowest BCUT2D eigenvalue weighted by Gasteiger charge is -2.40. The molecule has 192 valence electrons. The van der Waals surface area contributed by atoms with Gasteiger partial charge in [-0.15, -0.1) is 5.10 Å². The number of phenols is 1. The number of pyridine rings is 1. The number of nitrogens with one attached hydrogen (secondary N) is 1. The van der Waals surface area contributed by atoms with E-state index in [0.717, 1.165) is 24.2 Å². The van der Waals surface area contributed by atoms with Crippen LogP contribution in [0.3, 0.4) is 0 Å². The summed E-state index contributed by atoms with van der Waals surface area (Å²) < 4.78 is 12.9. The number of aromatic nitrogens is 5. The highest BCUT2D eigenvalue weighted by Crippen LogP contribution is 2.37. The van der Waals surface area contributed by atoms with Gasteiger partial charge in [-0.05, 0) is 67.6 Å². The second kappa shape index (κ2) is 8.77. The van der Waals surface area contributed by atoms with Crippen molar-refractivity contribution in [2.75, 3.05) is 37.9 Å². The number of fused-ring (bicyclic) bond motifs is 2. The minimum Gasteiger partial charge on any atom is -0.508 e. The molecule has 4 aromatic rings. The van der Waals surface area contributed by atoms with Gasteiger partial charge in [0.25, 0.3) is 5.56 Å². The average molecular weight is 504 g/mol. The Morgan fingerprint density at radius 2 is 1.70 bits per heavy atom. The number of hydrogen-bond donors (Lipinski definition) is 2. The van der Waals surface area contributed by atoms with Crippen LogP contribution in [0.5, 0.6) is 17.2 Å². The lowest BCUT2D eigenvalue weighted by atomic mass is 10.0. The van der Waals surface area contributed by atoms with Gasteiger partial charge in [0.1, 0.15) is 11.8 Å². The highest BCUT2D eigenvalue weighted by atomic mass is 16.7. The Kier molecular flexibility index (Phi) is 5.52. The van der Waals surface area contributed by atoms with Gasteiger partial charge in [-0.1, -0.05) is 0 Å². The first-order chi connectivity index (χ1) is 17.8. The predicted octanol–water partition coefficient (Wildman–Crippen LogP) is 2.62. The van der Waals surface area contributed by atoms with Gasteiger partial charge in [0.15, 0.2) is 17.3 Å². The number of aromatic hydroxyl groups is 1. The number of phenolic OH excluding ortho intramolecular Hbond substituents is 1. The molecule has 1 atom stereocenters. The van der Waals surface area contributed by atoms with Crippen LogP contribution in [0.25, 0.3) is 10.9 Å². The maximum Gasteiger partial charge on any atom is 0.253 e. The van der Waals surface area contributed by atoms with Gasteiger partial charge in [0.2, 0.25) is 6.79 Å². The largest absolute Gasteiger partial charge is 0.508 e. The van der Waals surface area contributed by atoms with Crippen LogP contribution in [0.2, 0.25) is 0 Å². The summed E-state index contributed by atoms with van der Waals surface area (Å²) in [7, 11) is 0. The third kappa shape index (κ3) is 4.25. The van der Waals surface area contributed by atoms with Crippen LogP contribution in [0.1, 0.15) is 38.2 Å². The summed E-state index contributed by atoms with van der Waals surface area (Å²) in [4.78, 5) is 21.1. The summed E-state index contributed by atoms with van der Waals surface area (Å²) in [6, 6.07) is 12.4. The number of ether oxygens (including phenoxy) is 2. The zero-order valence-corrected chi connectivity index (χ0v) is 21.0. The number of aromatic amines is 1. The third-order valence-electron chi connectivity index (χ3n) is 6.93. The Bertz CT molecular complexity index is 1500. The van der Waals surface area contributed by atoms with Crippen molar-refractivity contribution < 1.29 is 14.6 Å². The summed E-state index contributed by atoms with van der Waals surface area (Å²) in [5.74, 6) is 2.14. The smallest absolute Gasteiger partial charge is 0.253 e. The fourth-order valence-electron chi connectivity index (χ4n) is 5.06. The second-order valence-electron chi connectivity index (χ2n) is 10.4. The second-order valence-corrected chi connectivity index (χ2v) is 10.4. The molecule has 1 saturated heterocycles. The molecule has 2 aromatic heterocycles. The molecular formula is C26H29N7O4. The predicted molar refractivity (Wildman–Crippen MR) is 137 cm³/mol. The fraction of sp³-hybridized carbons (Fsp3) is 0.385. The van der Waals surface area contributed by atoms with Gasteiger partial charge in [-0.2, -0.15) is 0 Å². The molecular weight excluding hydrogens is 474 g/mol. The first kappa shape index (κ1) is 23.3. The van der Waals surface area contributed by atoms with Gasteiger partial charge in [0, 0.05) is 48.9 Å². The lowest BCUT2D eigenvalue weighted by Crippen LogP contribution is -2.49. The van der Waals surface area contributed by atoms with E-state index in [2.05, 4.69) is 30.3 Å². The minimum atomic E-state index is -0.449. The summed E-state index contributed by atoms with van der Waals surface area (Å²) >= 11 is 0. The van der Waals surface area contributed by atoms with Crippen molar-refractivity contribution in [1.29, 1.82) is 0 Å². The van der Waals surface area contributed by atoms with E-state index in [-0.39, 0.29) is 23.6 Å². The van der Waals surface area contributed by atoms with Crippen molar-refractivity contribution >= 4 is 16.6 Å². The molecule has 11 heteroatoms. The molecule has 0 aliphatic carbocycles. The van der Waals surface area contributed by atoms with E-state index in [1.54, 1.807) is 22.9 Å². The van der Waals surface area contributed by atoms with E-state index in [1.807, 2.05) is 45.0 Å². The summed E-state index contributed by atoms with van der Waals surface area (Å²) in [5.41, 5.74) is 1.74. The molecule has 0 bridgehead atoms. The van der Waals surface area contributed by atoms with Crippen molar-refractivity contribution in [2.24, 2.45) is 0 Å². The van der Waals surface area contributed by atoms with E-state index in [9.17, 15) is 9.90 Å². The zero-order valence-electron chi connectivity index (χ0n) is 21.0. The topological polar surface area (TPSA) is 122 Å². The van der Waals surface area contributed by atoms with Crippen LogP contribution in [-0.2, 0) is 5.54 Å². The quantitative estimate of drug-likeness (QED) is 0.433. The van der Waals surface area contributed by atoms with Crippen molar-refractivity contribution in [3.05, 3.63) is 64.2 Å². The molecule has 4 heterocycles. The third-order valence-corrected chi connectivity index (χ3v) is 6.93. The number of benzene rings is 2. The molecule has 0 saturated carbocycles. The van der Waals surface area contributed by atoms with E-state index < -0.39 is 6.04 Å². The molecule has 0 spiro atoms. The average Bonchev–Trinajstić information content (AvgIpc) is 3.54. The van der Waals surface area contributed by atoms with Crippen molar-refractivity contribution in [3.63, 3.8) is 0 Å². The Morgan fingerprint density at radius 3 is 2.41 bits per heavy atom. The van der Waals surface area contributed by atoms with E-state index in [0.29, 0.717) is 41.5 Å². The molecule has 0 radical (unpaired) electrons. The number of tetrazole rings is 1. The van der Waals surface area contributed by atoms with Crippen LogP contribution in [0.15, 0.2) is 47.3 Å². The molecule has 37 heavy (non-hydrogen) atoms. The Morgan fingerprint density at radius 1 is 1.00 bits per heavy atom. The van der Waals surface area contributed by atoms with Crippen LogP contribution in [0, 0.1) is 0 Å². The van der Waals surface area contributed by atoms with Crippen LogP contribution < -0.4 is 19.9 Å². The van der Waals surface area contributed by atoms with Crippen LogP contribution in [-0.4, -0.2) is 68.2 Å². The number of piperazine rings is 1. The lowest BCUT2D eigenvalue weighted by molar-refractivity contribution is 0.174. The van der Waals surface area contributed by atoms with Crippen molar-refractivity contribution in [1.82, 2.24) is 30.1 Å². The number of rotatable bonds is 4. The Balaban J connectivity index is 1.40. The van der Waals surface area contributed by atoms with Crippen molar-refractivity contribution in [3.8, 4) is 17.2 Å². The normalized spacial score (nSPS) is 16.9. The van der Waals surface area contributed by atoms with Gasteiger partial charge in [-0.25, -0.2) is 4.68 Å². The maximum absolute atomic E-state index is 13.5. The molecule has 1 fully saturated rings. The van der Waals surface area contributed by atoms with Gasteiger partial charge >= 0.3 is 0 Å². The molecule has 2 aliphatic rings. The summed E-state index contributed by atoms with van der Waals surface area (Å²) in [6.45, 7) is 9.18. The molecule has 2 aromatic carbocycles. The van der Waals surface area contributed by atoms with E-state index >= 15 is 0 Å². The zero-order chi connectivity index (χ0) is 25.7. The number of hydrogen-bond acceptors (Lipinski definition) is 9. The van der Waals surface area contributed by atoms with Crippen LogP contribution in [0.4, 0.5) is 5.69 Å². The SMILES string of the molecule is CC(C)(C)n1nnnc1C(c1cc2cc3c(cc2[nH]c1=O)OCO3)N1CCN(c2ccc(O)cc2)CC1. The van der Waals surface area contributed by atoms with E-state index in [4.69, 9.17) is 9.47 Å². The summed E-state index contributed by atoms with van der Waals surface area (Å²) in [6.07, 6.45) is 0. The number of anilines is 1. The van der Waals surface area contributed by atoms with E-state index in [1.165, 1.54) is 0 Å². The van der Waals surface area contributed by atoms with Crippen LogP contribution >= 0.6 is 0 Å². The van der Waals surface area contributed by atoms with Gasteiger partial charge < -0.3 is 24.5 Å². The molecule has 2 N–H and O–H groups in total.